The molecule has 0 aliphatic rings. The second-order valence-electron chi connectivity index (χ2n) is 4.84. The van der Waals surface area contributed by atoms with Crippen molar-refractivity contribution in [1.29, 1.82) is 0 Å². The van der Waals surface area contributed by atoms with Gasteiger partial charge in [-0.05, 0) is 47.5 Å². The number of rotatable bonds is 7. The Kier molecular flexibility index (Phi) is 6.09. The number of benzene rings is 1. The van der Waals surface area contributed by atoms with Gasteiger partial charge >= 0.3 is 6.61 Å². The van der Waals surface area contributed by atoms with Crippen molar-refractivity contribution in [3.05, 3.63) is 46.2 Å². The summed E-state index contributed by atoms with van der Waals surface area (Å²) in [4.78, 5) is 12.0. The minimum atomic E-state index is -2.91. The first-order valence-electron chi connectivity index (χ1n) is 6.98. The molecular formula is C15H16BrF2N3O2. The van der Waals surface area contributed by atoms with Crippen molar-refractivity contribution in [2.75, 3.05) is 6.54 Å². The second kappa shape index (κ2) is 8.05. The molecule has 0 spiro atoms. The lowest BCUT2D eigenvalue weighted by Crippen LogP contribution is -2.25. The van der Waals surface area contributed by atoms with Gasteiger partial charge in [-0.1, -0.05) is 6.07 Å². The van der Waals surface area contributed by atoms with Gasteiger partial charge in [-0.2, -0.15) is 13.9 Å². The maximum Gasteiger partial charge on any atom is 0.387 e. The zero-order valence-electron chi connectivity index (χ0n) is 12.4. The number of alkyl halides is 2. The fourth-order valence-corrected chi connectivity index (χ4v) is 2.28. The maximum atomic E-state index is 12.2. The molecule has 1 amide bonds. The van der Waals surface area contributed by atoms with Crippen LogP contribution in [0.15, 0.2) is 34.9 Å². The van der Waals surface area contributed by atoms with Crippen LogP contribution in [0.5, 0.6) is 5.75 Å². The molecule has 0 fully saturated rings. The maximum absolute atomic E-state index is 12.2. The summed E-state index contributed by atoms with van der Waals surface area (Å²) in [5.41, 5.74) is 1.19. The molecule has 1 aromatic carbocycles. The minimum Gasteiger partial charge on any atom is -0.435 e. The van der Waals surface area contributed by atoms with Gasteiger partial charge in [-0.3, -0.25) is 9.48 Å². The Morgan fingerprint density at radius 1 is 1.48 bits per heavy atom. The Bertz CT molecular complexity index is 657. The van der Waals surface area contributed by atoms with Gasteiger partial charge in [-0.25, -0.2) is 0 Å². The van der Waals surface area contributed by atoms with Crippen molar-refractivity contribution in [2.45, 2.75) is 26.5 Å². The quantitative estimate of drug-likeness (QED) is 0.740. The number of hydrogen-bond donors (Lipinski definition) is 1. The van der Waals surface area contributed by atoms with Gasteiger partial charge in [0.1, 0.15) is 5.75 Å². The molecule has 2 aromatic rings. The molecule has 5 nitrogen and oxygen atoms in total. The molecule has 0 aliphatic carbocycles. The molecule has 0 atom stereocenters. The predicted octanol–water partition coefficient (Wildman–Crippen LogP) is 3.38. The van der Waals surface area contributed by atoms with Gasteiger partial charge in [-0.15, -0.1) is 0 Å². The van der Waals surface area contributed by atoms with E-state index in [4.69, 9.17) is 0 Å². The lowest BCUT2D eigenvalue weighted by Gasteiger charge is -2.08. The normalized spacial score (nSPS) is 10.8. The molecule has 0 radical (unpaired) electrons. The van der Waals surface area contributed by atoms with E-state index in [9.17, 15) is 13.6 Å². The number of aryl methyl sites for hydroxylation is 2. The van der Waals surface area contributed by atoms with Crippen LogP contribution in [0.3, 0.4) is 0 Å². The second-order valence-corrected chi connectivity index (χ2v) is 5.70. The van der Waals surface area contributed by atoms with E-state index >= 15 is 0 Å². The topological polar surface area (TPSA) is 56.2 Å². The molecule has 1 heterocycles. The SMILES string of the molecule is Cc1nn(CCCNC(=O)c2cccc(OC(F)F)c2)cc1Br. The summed E-state index contributed by atoms with van der Waals surface area (Å²) in [5, 5.41) is 7.03. The van der Waals surface area contributed by atoms with Gasteiger partial charge in [0.25, 0.3) is 5.91 Å². The third kappa shape index (κ3) is 5.31. The first-order chi connectivity index (χ1) is 11.0. The number of carbonyl (C=O) groups excluding carboxylic acids is 1. The molecule has 0 saturated carbocycles. The third-order valence-electron chi connectivity index (χ3n) is 3.06. The summed E-state index contributed by atoms with van der Waals surface area (Å²) in [5.74, 6) is -0.368. The monoisotopic (exact) mass is 387 g/mol. The van der Waals surface area contributed by atoms with Gasteiger partial charge in [0.15, 0.2) is 0 Å². The Hall–Kier alpha value is -1.96. The van der Waals surface area contributed by atoms with Crippen molar-refractivity contribution in [1.82, 2.24) is 15.1 Å². The molecule has 124 valence electrons. The number of halogens is 3. The number of nitrogens with one attached hydrogen (secondary N) is 1. The Balaban J connectivity index is 1.80. The highest BCUT2D eigenvalue weighted by atomic mass is 79.9. The third-order valence-corrected chi connectivity index (χ3v) is 3.84. The van der Waals surface area contributed by atoms with Crippen molar-refractivity contribution >= 4 is 21.8 Å². The van der Waals surface area contributed by atoms with Crippen LogP contribution in [0.25, 0.3) is 0 Å². The largest absolute Gasteiger partial charge is 0.435 e. The van der Waals surface area contributed by atoms with Crippen LogP contribution < -0.4 is 10.1 Å². The van der Waals surface area contributed by atoms with Gasteiger partial charge in [0.05, 0.1) is 10.2 Å². The fourth-order valence-electron chi connectivity index (χ4n) is 1.97. The number of hydrogen-bond acceptors (Lipinski definition) is 3. The summed E-state index contributed by atoms with van der Waals surface area (Å²) in [7, 11) is 0. The fraction of sp³-hybridized carbons (Fsp3) is 0.333. The first kappa shape index (κ1) is 17.4. The van der Waals surface area contributed by atoms with Crippen LogP contribution in [0, 0.1) is 6.92 Å². The Labute approximate surface area is 140 Å². The van der Waals surface area contributed by atoms with Gasteiger partial charge in [0.2, 0.25) is 0 Å². The lowest BCUT2D eigenvalue weighted by atomic mass is 10.2. The van der Waals surface area contributed by atoms with Crippen LogP contribution in [-0.4, -0.2) is 28.8 Å². The molecule has 8 heteroatoms. The first-order valence-corrected chi connectivity index (χ1v) is 7.77. The molecular weight excluding hydrogens is 372 g/mol. The Morgan fingerprint density at radius 2 is 2.26 bits per heavy atom. The molecule has 0 aliphatic heterocycles. The zero-order valence-corrected chi connectivity index (χ0v) is 14.0. The summed E-state index contributed by atoms with van der Waals surface area (Å²) in [6.07, 6.45) is 2.58. The Morgan fingerprint density at radius 3 is 2.91 bits per heavy atom. The van der Waals surface area contributed by atoms with Crippen LogP contribution >= 0.6 is 15.9 Å². The molecule has 23 heavy (non-hydrogen) atoms. The summed E-state index contributed by atoms with van der Waals surface area (Å²) in [6, 6.07) is 5.70. The highest BCUT2D eigenvalue weighted by Gasteiger charge is 2.09. The number of aromatic nitrogens is 2. The van der Waals surface area contributed by atoms with Crippen molar-refractivity contribution in [3.63, 3.8) is 0 Å². The van der Waals surface area contributed by atoms with E-state index in [1.807, 2.05) is 13.1 Å². The van der Waals surface area contributed by atoms with Gasteiger partial charge < -0.3 is 10.1 Å². The van der Waals surface area contributed by atoms with E-state index in [1.165, 1.54) is 18.2 Å². The summed E-state index contributed by atoms with van der Waals surface area (Å²) < 4.78 is 31.3. The van der Waals surface area contributed by atoms with E-state index in [0.29, 0.717) is 19.5 Å². The van der Waals surface area contributed by atoms with Gasteiger partial charge in [0, 0.05) is 24.8 Å². The molecule has 1 N–H and O–H groups in total. The zero-order chi connectivity index (χ0) is 16.8. The number of carbonyl (C=O) groups is 1. The van der Waals surface area contributed by atoms with Crippen LogP contribution in [0.1, 0.15) is 22.5 Å². The molecule has 2 rings (SSSR count). The van der Waals surface area contributed by atoms with E-state index < -0.39 is 6.61 Å². The molecule has 0 bridgehead atoms. The average molecular weight is 388 g/mol. The van der Waals surface area contributed by atoms with Crippen molar-refractivity contribution < 1.29 is 18.3 Å². The highest BCUT2D eigenvalue weighted by Crippen LogP contribution is 2.16. The van der Waals surface area contributed by atoms with E-state index in [0.717, 1.165) is 10.2 Å². The van der Waals surface area contributed by atoms with Crippen LogP contribution in [0.4, 0.5) is 8.78 Å². The summed E-state index contributed by atoms with van der Waals surface area (Å²) in [6.45, 7) is 0.109. The van der Waals surface area contributed by atoms with E-state index in [-0.39, 0.29) is 17.2 Å². The highest BCUT2D eigenvalue weighted by molar-refractivity contribution is 9.10. The predicted molar refractivity (Wildman–Crippen MR) is 84.7 cm³/mol. The lowest BCUT2D eigenvalue weighted by molar-refractivity contribution is -0.0498. The molecule has 0 saturated heterocycles. The van der Waals surface area contributed by atoms with Crippen LogP contribution in [0.2, 0.25) is 0 Å². The number of nitrogens with zero attached hydrogens (tertiary/aromatic N) is 2. The van der Waals surface area contributed by atoms with Crippen molar-refractivity contribution in [3.8, 4) is 5.75 Å². The van der Waals surface area contributed by atoms with E-state index in [2.05, 4.69) is 31.1 Å². The molecule has 1 aromatic heterocycles. The minimum absolute atomic E-state index is 0.0375. The smallest absolute Gasteiger partial charge is 0.387 e. The van der Waals surface area contributed by atoms with Crippen molar-refractivity contribution in [2.24, 2.45) is 0 Å². The van der Waals surface area contributed by atoms with Crippen LogP contribution in [-0.2, 0) is 6.54 Å². The standard InChI is InChI=1S/C15H16BrF2N3O2/c1-10-13(16)9-21(20-10)7-3-6-19-14(22)11-4-2-5-12(8-11)23-15(17)18/h2,4-5,8-9,15H,3,6-7H2,1H3,(H,19,22). The molecule has 0 unspecified atom stereocenters. The number of ether oxygens (including phenoxy) is 1. The number of amides is 1. The average Bonchev–Trinajstić information content (AvgIpc) is 2.81. The summed E-state index contributed by atoms with van der Waals surface area (Å²) >= 11 is 3.38. The van der Waals surface area contributed by atoms with E-state index in [1.54, 1.807) is 10.7 Å².